The van der Waals surface area contributed by atoms with E-state index in [1.54, 1.807) is 7.05 Å². The number of nitrogens with two attached hydrogens (primary N) is 1. The van der Waals surface area contributed by atoms with Gasteiger partial charge in [0.05, 0.1) is 0 Å². The summed E-state index contributed by atoms with van der Waals surface area (Å²) in [7, 11) is -2.26. The highest BCUT2D eigenvalue weighted by molar-refractivity contribution is 7.89. The minimum absolute atomic E-state index is 0.0367. The number of aryl methyl sites for hydroxylation is 1. The maximum Gasteiger partial charge on any atom is 0.265 e. The number of amides is 1. The summed E-state index contributed by atoms with van der Waals surface area (Å²) in [6.07, 6.45) is 2.72. The largest absolute Gasteiger partial charge is 0.443 e. The van der Waals surface area contributed by atoms with Crippen molar-refractivity contribution in [3.63, 3.8) is 0 Å². The first kappa shape index (κ1) is 21.3. The fourth-order valence-corrected chi connectivity index (χ4v) is 5.74. The molecule has 1 fully saturated rings. The lowest BCUT2D eigenvalue weighted by Crippen LogP contribution is -2.30. The summed E-state index contributed by atoms with van der Waals surface area (Å²) < 4.78 is 35.8. The smallest absolute Gasteiger partial charge is 0.265 e. The first-order valence-corrected chi connectivity index (χ1v) is 11.7. The molecule has 0 saturated carbocycles. The van der Waals surface area contributed by atoms with Crippen molar-refractivity contribution >= 4 is 15.9 Å². The van der Waals surface area contributed by atoms with Gasteiger partial charge in [0.1, 0.15) is 28.1 Å². The maximum atomic E-state index is 13.4. The second-order valence-corrected chi connectivity index (χ2v) is 9.99. The van der Waals surface area contributed by atoms with E-state index in [0.717, 1.165) is 17.0 Å². The molecule has 0 spiro atoms. The zero-order valence-electron chi connectivity index (χ0n) is 17.8. The fourth-order valence-electron chi connectivity index (χ4n) is 4.02. The van der Waals surface area contributed by atoms with Crippen molar-refractivity contribution in [2.75, 3.05) is 6.54 Å². The van der Waals surface area contributed by atoms with Crippen LogP contribution in [0.25, 0.3) is 11.3 Å². The lowest BCUT2D eigenvalue weighted by molar-refractivity contribution is 0.0992. The number of aromatic nitrogens is 2. The van der Waals surface area contributed by atoms with Crippen LogP contribution >= 0.6 is 0 Å². The zero-order valence-corrected chi connectivity index (χ0v) is 18.6. The van der Waals surface area contributed by atoms with Crippen molar-refractivity contribution in [1.29, 1.82) is 0 Å². The summed E-state index contributed by atoms with van der Waals surface area (Å²) in [6.45, 7) is 4.40. The topological polar surface area (TPSA) is 111 Å². The van der Waals surface area contributed by atoms with Crippen molar-refractivity contribution < 1.29 is 17.6 Å². The molecule has 4 rings (SSSR count). The minimum atomic E-state index is -3.85. The predicted molar refractivity (Wildman–Crippen MR) is 116 cm³/mol. The Labute approximate surface area is 181 Å². The average molecular weight is 443 g/mol. The van der Waals surface area contributed by atoms with Crippen LogP contribution in [0.1, 0.15) is 60.8 Å². The molecule has 31 heavy (non-hydrogen) atoms. The summed E-state index contributed by atoms with van der Waals surface area (Å²) >= 11 is 0. The van der Waals surface area contributed by atoms with Crippen LogP contribution in [0.5, 0.6) is 0 Å². The molecule has 8 nitrogen and oxygen atoms in total. The monoisotopic (exact) mass is 442 g/mol. The van der Waals surface area contributed by atoms with Gasteiger partial charge in [-0.15, -0.1) is 0 Å². The van der Waals surface area contributed by atoms with Crippen LogP contribution < -0.4 is 5.73 Å². The summed E-state index contributed by atoms with van der Waals surface area (Å²) in [5.74, 6) is 0.551. The molecule has 0 bridgehead atoms. The normalized spacial score (nSPS) is 17.5. The number of hydrogen-bond donors (Lipinski definition) is 1. The summed E-state index contributed by atoms with van der Waals surface area (Å²) in [5, 5.41) is 0. The molecule has 1 aliphatic rings. The number of nitrogens with zero attached hydrogens (tertiary/aromatic N) is 3. The quantitative estimate of drug-likeness (QED) is 0.629. The third-order valence-electron chi connectivity index (χ3n) is 5.57. The van der Waals surface area contributed by atoms with E-state index in [-0.39, 0.29) is 16.5 Å². The van der Waals surface area contributed by atoms with Gasteiger partial charge in [0.25, 0.3) is 5.91 Å². The Morgan fingerprint density at radius 3 is 2.58 bits per heavy atom. The highest BCUT2D eigenvalue weighted by atomic mass is 32.2. The highest BCUT2D eigenvalue weighted by Crippen LogP contribution is 2.40. The molecule has 1 saturated heterocycles. The van der Waals surface area contributed by atoms with Crippen LogP contribution in [0.4, 0.5) is 0 Å². The number of sulfonamides is 1. The molecule has 3 heterocycles. The molecule has 164 valence electrons. The number of carbonyl (C=O) groups excluding carboxylic acids is 1. The minimum Gasteiger partial charge on any atom is -0.443 e. The lowest BCUT2D eigenvalue weighted by atomic mass is 10.0. The lowest BCUT2D eigenvalue weighted by Gasteiger charge is -2.21. The van der Waals surface area contributed by atoms with Gasteiger partial charge in [0.15, 0.2) is 0 Å². The Morgan fingerprint density at radius 1 is 1.26 bits per heavy atom. The van der Waals surface area contributed by atoms with Crippen molar-refractivity contribution in [3.8, 4) is 11.3 Å². The molecule has 1 aliphatic heterocycles. The van der Waals surface area contributed by atoms with Gasteiger partial charge in [-0.2, -0.15) is 4.31 Å². The average Bonchev–Trinajstić information content (AvgIpc) is 3.46. The third kappa shape index (κ3) is 3.79. The maximum absolute atomic E-state index is 13.4. The Balaban J connectivity index is 1.74. The number of primary amides is 1. The molecule has 9 heteroatoms. The van der Waals surface area contributed by atoms with Gasteiger partial charge in [-0.3, -0.25) is 4.79 Å². The first-order valence-electron chi connectivity index (χ1n) is 10.2. The van der Waals surface area contributed by atoms with Gasteiger partial charge in [0.2, 0.25) is 15.9 Å². The number of benzene rings is 1. The molecule has 0 radical (unpaired) electrons. The number of carbonyl (C=O) groups is 1. The van der Waals surface area contributed by atoms with Gasteiger partial charge in [-0.1, -0.05) is 44.2 Å². The molecule has 1 aromatic carbocycles. The van der Waals surface area contributed by atoms with Crippen LogP contribution in [-0.4, -0.2) is 34.7 Å². The number of rotatable bonds is 6. The van der Waals surface area contributed by atoms with E-state index in [4.69, 9.17) is 15.1 Å². The first-order chi connectivity index (χ1) is 14.7. The van der Waals surface area contributed by atoms with Gasteiger partial charge in [-0.05, 0) is 18.9 Å². The standard InChI is InChI=1S/C22H26N4O4S/c1-14(2)20-19(15-8-5-4-6-9-15)24-22(30-20)17-10-7-11-26(17)31(28,29)16-12-18(21(23)27)25(3)13-16/h4-6,8-9,12-14,17H,7,10-11H2,1-3H3,(H2,23,27)/t17-/m1/s1. The van der Waals surface area contributed by atoms with Crippen LogP contribution in [0.2, 0.25) is 0 Å². The molecule has 1 atom stereocenters. The molecule has 2 N–H and O–H groups in total. The van der Waals surface area contributed by atoms with Gasteiger partial charge in [-0.25, -0.2) is 13.4 Å². The zero-order chi connectivity index (χ0) is 22.3. The number of oxazole rings is 1. The molecule has 0 unspecified atom stereocenters. The third-order valence-corrected chi connectivity index (χ3v) is 7.44. The predicted octanol–water partition coefficient (Wildman–Crippen LogP) is 3.43. The summed E-state index contributed by atoms with van der Waals surface area (Å²) in [5.41, 5.74) is 7.17. The second-order valence-electron chi connectivity index (χ2n) is 8.10. The molecular weight excluding hydrogens is 416 g/mol. The number of hydrogen-bond acceptors (Lipinski definition) is 5. The SMILES string of the molecule is CC(C)c1oc([C@H]2CCCN2S(=O)(=O)c2cc(C(N)=O)n(C)c2)nc1-c1ccccc1. The highest BCUT2D eigenvalue weighted by Gasteiger charge is 2.40. The Bertz CT molecular complexity index is 1210. The van der Waals surface area contributed by atoms with Crippen LogP contribution in [0.15, 0.2) is 51.9 Å². The van der Waals surface area contributed by atoms with Gasteiger partial charge in [0, 0.05) is 31.3 Å². The van der Waals surface area contributed by atoms with E-state index >= 15 is 0 Å². The van der Waals surface area contributed by atoms with Crippen molar-refractivity contribution in [2.45, 2.75) is 43.5 Å². The van der Waals surface area contributed by atoms with E-state index in [9.17, 15) is 13.2 Å². The van der Waals surface area contributed by atoms with E-state index in [0.29, 0.717) is 25.3 Å². The van der Waals surface area contributed by atoms with E-state index in [1.165, 1.54) is 21.1 Å². The summed E-state index contributed by atoms with van der Waals surface area (Å²) in [6, 6.07) is 10.6. The Morgan fingerprint density at radius 2 is 1.97 bits per heavy atom. The molecule has 2 aromatic heterocycles. The molecule has 1 amide bonds. The van der Waals surface area contributed by atoms with Crippen molar-refractivity contribution in [3.05, 3.63) is 59.9 Å². The van der Waals surface area contributed by atoms with E-state index < -0.39 is 22.0 Å². The molecule has 3 aromatic rings. The van der Waals surface area contributed by atoms with Gasteiger partial charge < -0.3 is 14.7 Å². The molecular formula is C22H26N4O4S. The second kappa shape index (κ2) is 7.97. The Hall–Kier alpha value is -2.91. The van der Waals surface area contributed by atoms with E-state index in [1.807, 2.05) is 44.2 Å². The van der Waals surface area contributed by atoms with Crippen LogP contribution in [-0.2, 0) is 17.1 Å². The fraction of sp³-hybridized carbons (Fsp3) is 0.364. The van der Waals surface area contributed by atoms with Crippen LogP contribution in [0, 0.1) is 0 Å². The van der Waals surface area contributed by atoms with E-state index in [2.05, 4.69) is 0 Å². The Kier molecular flexibility index (Phi) is 5.49. The van der Waals surface area contributed by atoms with Crippen molar-refractivity contribution in [2.24, 2.45) is 12.8 Å². The summed E-state index contributed by atoms with van der Waals surface area (Å²) in [4.78, 5) is 16.4. The van der Waals surface area contributed by atoms with Crippen molar-refractivity contribution in [1.82, 2.24) is 13.9 Å². The molecule has 0 aliphatic carbocycles. The van der Waals surface area contributed by atoms with Gasteiger partial charge >= 0.3 is 0 Å². The van der Waals surface area contributed by atoms with Crippen LogP contribution in [0.3, 0.4) is 0 Å².